The minimum atomic E-state index is 0.799. The molecule has 0 amide bonds. The lowest BCUT2D eigenvalue weighted by molar-refractivity contribution is 0.669. The number of nitrogens with zero attached hydrogens (tertiary/aromatic N) is 4. The van der Waals surface area contributed by atoms with Crippen molar-refractivity contribution in [2.45, 2.75) is 0 Å². The number of furan rings is 1. The molecule has 0 aliphatic rings. The van der Waals surface area contributed by atoms with Crippen LogP contribution in [0.25, 0.3) is 99.8 Å². The fraction of sp³-hybridized carbons (Fsp3) is 0. The van der Waals surface area contributed by atoms with Crippen molar-refractivity contribution >= 4 is 54.8 Å². The molecule has 6 aromatic carbocycles. The van der Waals surface area contributed by atoms with E-state index < -0.39 is 0 Å². The average molecular weight is 627 g/mol. The Morgan fingerprint density at radius 1 is 0.347 bits per heavy atom. The molecule has 0 unspecified atom stereocenters. The number of benzene rings is 6. The second kappa shape index (κ2) is 10.9. The first-order chi connectivity index (χ1) is 24.2. The molecule has 0 saturated carbocycles. The molecular formula is C44H26N4O. The quantitative estimate of drug-likeness (QED) is 0.182. The summed E-state index contributed by atoms with van der Waals surface area (Å²) in [6.07, 6.45) is 0. The van der Waals surface area contributed by atoms with Gasteiger partial charge in [0.2, 0.25) is 0 Å². The molecule has 0 radical (unpaired) electrons. The second-order valence-corrected chi connectivity index (χ2v) is 12.3. The number of hydrogen-bond donors (Lipinski definition) is 0. The number of pyridine rings is 2. The number of rotatable bonds is 4. The van der Waals surface area contributed by atoms with Crippen LogP contribution in [0.3, 0.4) is 0 Å². The minimum Gasteiger partial charge on any atom is -0.456 e. The van der Waals surface area contributed by atoms with Crippen LogP contribution in [0.5, 0.6) is 0 Å². The molecular weight excluding hydrogens is 601 g/mol. The SMILES string of the molecule is c1ccc(-c2ccc3ccc4ccc(-c5cccc(-c6nc7ccccc7nc6-c6ccc7c(c6)oc6ccccc67)c5)nc4c3n2)cc1. The standard InChI is InChI=1S/C44H26N4O/c1-2-9-27(10-3-1)35-23-20-28-17-18-29-21-24-36(46-42(29)41(28)45-35)30-11-8-12-31(25-30)43-44(48-38-15-6-5-14-37(38)47-43)32-19-22-34-33-13-4-7-16-39(33)49-40(34)26-32/h1-26H. The lowest BCUT2D eigenvalue weighted by Gasteiger charge is -2.12. The lowest BCUT2D eigenvalue weighted by atomic mass is 9.99. The molecule has 228 valence electrons. The molecule has 0 aliphatic carbocycles. The zero-order valence-corrected chi connectivity index (χ0v) is 26.2. The Morgan fingerprint density at radius 2 is 0.898 bits per heavy atom. The molecule has 5 heteroatoms. The van der Waals surface area contributed by atoms with Crippen LogP contribution in [-0.4, -0.2) is 19.9 Å². The van der Waals surface area contributed by atoms with Gasteiger partial charge in [0.25, 0.3) is 0 Å². The van der Waals surface area contributed by atoms with E-state index in [1.807, 2.05) is 60.7 Å². The van der Waals surface area contributed by atoms with Crippen LogP contribution in [0, 0.1) is 0 Å². The van der Waals surface area contributed by atoms with Gasteiger partial charge in [-0.05, 0) is 48.5 Å². The van der Waals surface area contributed by atoms with Gasteiger partial charge in [-0.2, -0.15) is 0 Å². The summed E-state index contributed by atoms with van der Waals surface area (Å²) in [7, 11) is 0. The van der Waals surface area contributed by atoms with Gasteiger partial charge < -0.3 is 4.42 Å². The van der Waals surface area contributed by atoms with Crippen LogP contribution >= 0.6 is 0 Å². The van der Waals surface area contributed by atoms with Gasteiger partial charge in [-0.15, -0.1) is 0 Å². The highest BCUT2D eigenvalue weighted by molar-refractivity contribution is 6.06. The van der Waals surface area contributed by atoms with Crippen molar-refractivity contribution in [2.75, 3.05) is 0 Å². The number of para-hydroxylation sites is 3. The molecule has 4 aromatic heterocycles. The third-order valence-electron chi connectivity index (χ3n) is 9.24. The third-order valence-corrected chi connectivity index (χ3v) is 9.24. The molecule has 49 heavy (non-hydrogen) atoms. The smallest absolute Gasteiger partial charge is 0.136 e. The Balaban J connectivity index is 1.13. The van der Waals surface area contributed by atoms with Crippen LogP contribution in [0.2, 0.25) is 0 Å². The second-order valence-electron chi connectivity index (χ2n) is 12.3. The van der Waals surface area contributed by atoms with Crippen LogP contribution in [0.1, 0.15) is 0 Å². The molecule has 0 fully saturated rings. The first kappa shape index (κ1) is 27.4. The van der Waals surface area contributed by atoms with Crippen molar-refractivity contribution < 1.29 is 4.42 Å². The zero-order valence-electron chi connectivity index (χ0n) is 26.2. The Kier molecular flexibility index (Phi) is 6.11. The minimum absolute atomic E-state index is 0.799. The maximum atomic E-state index is 6.26. The molecule has 0 atom stereocenters. The van der Waals surface area contributed by atoms with Gasteiger partial charge in [0.1, 0.15) is 11.2 Å². The van der Waals surface area contributed by atoms with Crippen LogP contribution < -0.4 is 0 Å². The van der Waals surface area contributed by atoms with Gasteiger partial charge in [-0.25, -0.2) is 19.9 Å². The summed E-state index contributed by atoms with van der Waals surface area (Å²) in [4.78, 5) is 20.7. The maximum Gasteiger partial charge on any atom is 0.136 e. The largest absolute Gasteiger partial charge is 0.456 e. The van der Waals surface area contributed by atoms with E-state index >= 15 is 0 Å². The monoisotopic (exact) mass is 626 g/mol. The van der Waals surface area contributed by atoms with Crippen LogP contribution in [0.4, 0.5) is 0 Å². The van der Waals surface area contributed by atoms with E-state index in [0.717, 1.165) is 99.8 Å². The number of hydrogen-bond acceptors (Lipinski definition) is 5. The first-order valence-electron chi connectivity index (χ1n) is 16.3. The summed E-state index contributed by atoms with van der Waals surface area (Å²) in [6.45, 7) is 0. The molecule has 10 rings (SSSR count). The van der Waals surface area contributed by atoms with Gasteiger partial charge in [-0.1, -0.05) is 109 Å². The highest BCUT2D eigenvalue weighted by Crippen LogP contribution is 2.37. The van der Waals surface area contributed by atoms with E-state index in [2.05, 4.69) is 97.1 Å². The van der Waals surface area contributed by atoms with E-state index in [1.54, 1.807) is 0 Å². The average Bonchev–Trinajstić information content (AvgIpc) is 3.55. The predicted molar refractivity (Wildman–Crippen MR) is 199 cm³/mol. The van der Waals surface area contributed by atoms with E-state index in [0.29, 0.717) is 0 Å². The van der Waals surface area contributed by atoms with Crippen molar-refractivity contribution in [3.63, 3.8) is 0 Å². The van der Waals surface area contributed by atoms with Gasteiger partial charge in [0.15, 0.2) is 0 Å². The van der Waals surface area contributed by atoms with E-state index in [1.165, 1.54) is 0 Å². The summed E-state index contributed by atoms with van der Waals surface area (Å²) in [5.74, 6) is 0. The van der Waals surface area contributed by atoms with Gasteiger partial charge in [-0.3, -0.25) is 0 Å². The highest BCUT2D eigenvalue weighted by Gasteiger charge is 2.17. The van der Waals surface area contributed by atoms with Crippen molar-refractivity contribution in [1.82, 2.24) is 19.9 Å². The molecule has 0 N–H and O–H groups in total. The molecule has 0 bridgehead atoms. The van der Waals surface area contributed by atoms with Crippen molar-refractivity contribution in [1.29, 1.82) is 0 Å². The van der Waals surface area contributed by atoms with Gasteiger partial charge in [0, 0.05) is 43.8 Å². The molecule has 0 saturated heterocycles. The lowest BCUT2D eigenvalue weighted by Crippen LogP contribution is -1.96. The van der Waals surface area contributed by atoms with Crippen molar-refractivity contribution in [3.8, 4) is 45.0 Å². The summed E-state index contributed by atoms with van der Waals surface area (Å²) < 4.78 is 6.26. The molecule has 4 heterocycles. The first-order valence-corrected chi connectivity index (χ1v) is 16.3. The van der Waals surface area contributed by atoms with E-state index in [9.17, 15) is 0 Å². The van der Waals surface area contributed by atoms with Crippen molar-refractivity contribution in [2.24, 2.45) is 0 Å². The molecule has 5 nitrogen and oxygen atoms in total. The van der Waals surface area contributed by atoms with E-state index in [-0.39, 0.29) is 0 Å². The normalized spacial score (nSPS) is 11.7. The third kappa shape index (κ3) is 4.63. The molecule has 10 aromatic rings. The fourth-order valence-corrected chi connectivity index (χ4v) is 6.80. The molecule has 0 spiro atoms. The Labute approximate surface area is 281 Å². The fourth-order valence-electron chi connectivity index (χ4n) is 6.80. The summed E-state index contributed by atoms with van der Waals surface area (Å²) in [6, 6.07) is 53.8. The number of fused-ring (bicyclic) bond motifs is 7. The maximum absolute atomic E-state index is 6.26. The topological polar surface area (TPSA) is 64.7 Å². The summed E-state index contributed by atoms with van der Waals surface area (Å²) in [5, 5.41) is 4.29. The Morgan fingerprint density at radius 3 is 1.63 bits per heavy atom. The predicted octanol–water partition coefficient (Wildman–Crippen LogP) is 11.3. The van der Waals surface area contributed by atoms with Crippen LogP contribution in [0.15, 0.2) is 162 Å². The van der Waals surface area contributed by atoms with Crippen LogP contribution in [-0.2, 0) is 0 Å². The summed E-state index contributed by atoms with van der Waals surface area (Å²) >= 11 is 0. The Bertz CT molecular complexity index is 2890. The van der Waals surface area contributed by atoms with E-state index in [4.69, 9.17) is 24.4 Å². The summed E-state index contributed by atoms with van der Waals surface area (Å²) in [5.41, 5.74) is 12.5. The van der Waals surface area contributed by atoms with Gasteiger partial charge in [0.05, 0.1) is 44.8 Å². The van der Waals surface area contributed by atoms with Crippen molar-refractivity contribution in [3.05, 3.63) is 158 Å². The zero-order chi connectivity index (χ0) is 32.3. The highest BCUT2D eigenvalue weighted by atomic mass is 16.3. The van der Waals surface area contributed by atoms with Gasteiger partial charge >= 0.3 is 0 Å². The Hall–Kier alpha value is -6.72. The molecule has 0 aliphatic heterocycles. The number of aromatic nitrogens is 4.